The summed E-state index contributed by atoms with van der Waals surface area (Å²) in [4.78, 5) is 10.7. The molecule has 0 unspecified atom stereocenters. The second kappa shape index (κ2) is 6.68. The lowest BCUT2D eigenvalue weighted by atomic mass is 10.0. The molecule has 1 aromatic rings. The molecular formula is C15H21NO3. The van der Waals surface area contributed by atoms with E-state index < -0.39 is 12.0 Å². The van der Waals surface area contributed by atoms with E-state index in [9.17, 15) is 4.79 Å². The molecule has 104 valence electrons. The predicted molar refractivity (Wildman–Crippen MR) is 73.0 cm³/mol. The molecule has 0 aliphatic heterocycles. The quantitative estimate of drug-likeness (QED) is 0.699. The summed E-state index contributed by atoms with van der Waals surface area (Å²) >= 11 is 0. The highest BCUT2D eigenvalue weighted by Gasteiger charge is 2.20. The Morgan fingerprint density at radius 3 is 2.53 bits per heavy atom. The Labute approximate surface area is 113 Å². The van der Waals surface area contributed by atoms with Gasteiger partial charge in [-0.2, -0.15) is 0 Å². The summed E-state index contributed by atoms with van der Waals surface area (Å²) in [6.45, 7) is 1.65. The number of nitrogens with two attached hydrogens (primary N) is 1. The van der Waals surface area contributed by atoms with Crippen molar-refractivity contribution in [2.24, 2.45) is 11.7 Å². The molecule has 4 nitrogen and oxygen atoms in total. The molecule has 0 heterocycles. The summed E-state index contributed by atoms with van der Waals surface area (Å²) in [5.41, 5.74) is 7.67. The van der Waals surface area contributed by atoms with Crippen molar-refractivity contribution in [1.29, 1.82) is 0 Å². The predicted octanol–water partition coefficient (Wildman–Crippen LogP) is 1.61. The largest absolute Gasteiger partial charge is 0.480 e. The topological polar surface area (TPSA) is 72.5 Å². The fourth-order valence-electron chi connectivity index (χ4n) is 1.91. The number of carbonyl (C=O) groups is 1. The van der Waals surface area contributed by atoms with Crippen LogP contribution in [0, 0.1) is 5.92 Å². The van der Waals surface area contributed by atoms with Gasteiger partial charge in [-0.15, -0.1) is 0 Å². The first-order valence-corrected chi connectivity index (χ1v) is 6.79. The Morgan fingerprint density at radius 2 is 1.95 bits per heavy atom. The first-order chi connectivity index (χ1) is 9.15. The Kier molecular flexibility index (Phi) is 4.93. The molecule has 1 fully saturated rings. The van der Waals surface area contributed by atoms with Gasteiger partial charge in [0.2, 0.25) is 0 Å². The SMILES string of the molecule is N[C@@H](Cc1ccc(CCOCC2CC2)cc1)C(=O)O. The van der Waals surface area contributed by atoms with Crippen molar-refractivity contribution in [3.05, 3.63) is 35.4 Å². The van der Waals surface area contributed by atoms with Crippen LogP contribution < -0.4 is 5.73 Å². The highest BCUT2D eigenvalue weighted by molar-refractivity contribution is 5.73. The molecule has 4 heteroatoms. The van der Waals surface area contributed by atoms with E-state index in [-0.39, 0.29) is 0 Å². The molecule has 0 spiro atoms. The minimum atomic E-state index is -0.961. The van der Waals surface area contributed by atoms with Crippen molar-refractivity contribution >= 4 is 5.97 Å². The molecule has 1 saturated carbocycles. The van der Waals surface area contributed by atoms with Crippen LogP contribution in [0.3, 0.4) is 0 Å². The monoisotopic (exact) mass is 263 g/mol. The summed E-state index contributed by atoms with van der Waals surface area (Å²) in [7, 11) is 0. The van der Waals surface area contributed by atoms with E-state index in [4.69, 9.17) is 15.6 Å². The Hall–Kier alpha value is -1.39. The lowest BCUT2D eigenvalue weighted by molar-refractivity contribution is -0.138. The number of hydrogen-bond acceptors (Lipinski definition) is 3. The molecule has 2 rings (SSSR count). The third kappa shape index (κ3) is 5.01. The van der Waals surface area contributed by atoms with E-state index in [1.807, 2.05) is 24.3 Å². The fourth-order valence-corrected chi connectivity index (χ4v) is 1.91. The van der Waals surface area contributed by atoms with Crippen LogP contribution >= 0.6 is 0 Å². The van der Waals surface area contributed by atoms with Crippen LogP contribution in [0.2, 0.25) is 0 Å². The molecule has 0 aromatic heterocycles. The van der Waals surface area contributed by atoms with Gasteiger partial charge in [0.1, 0.15) is 6.04 Å². The molecule has 0 bridgehead atoms. The summed E-state index contributed by atoms with van der Waals surface area (Å²) in [6.07, 6.45) is 3.91. The zero-order valence-electron chi connectivity index (χ0n) is 11.0. The maximum absolute atomic E-state index is 10.7. The van der Waals surface area contributed by atoms with E-state index >= 15 is 0 Å². The molecule has 1 atom stereocenters. The first-order valence-electron chi connectivity index (χ1n) is 6.79. The summed E-state index contributed by atoms with van der Waals surface area (Å²) in [5.74, 6) is -0.155. The average Bonchev–Trinajstić information content (AvgIpc) is 3.20. The van der Waals surface area contributed by atoms with Crippen LogP contribution in [0.25, 0.3) is 0 Å². The standard InChI is InChI=1S/C15H21NO3/c16-14(15(17)18)9-12-3-1-11(2-4-12)7-8-19-10-13-5-6-13/h1-4,13-14H,5-10,16H2,(H,17,18)/t14-/m0/s1. The van der Waals surface area contributed by atoms with Crippen molar-refractivity contribution < 1.29 is 14.6 Å². The van der Waals surface area contributed by atoms with Gasteiger partial charge in [-0.25, -0.2) is 0 Å². The number of benzene rings is 1. The number of carboxylic acids is 1. The van der Waals surface area contributed by atoms with Crippen LogP contribution in [-0.2, 0) is 22.4 Å². The van der Waals surface area contributed by atoms with Crippen molar-refractivity contribution in [2.45, 2.75) is 31.7 Å². The molecule has 0 saturated heterocycles. The van der Waals surface area contributed by atoms with Gasteiger partial charge in [0.05, 0.1) is 6.61 Å². The van der Waals surface area contributed by atoms with Crippen LogP contribution in [0.5, 0.6) is 0 Å². The van der Waals surface area contributed by atoms with Crippen LogP contribution in [0.15, 0.2) is 24.3 Å². The molecule has 1 aliphatic carbocycles. The minimum Gasteiger partial charge on any atom is -0.480 e. The second-order valence-electron chi connectivity index (χ2n) is 5.23. The van der Waals surface area contributed by atoms with Crippen molar-refractivity contribution in [3.8, 4) is 0 Å². The van der Waals surface area contributed by atoms with E-state index in [2.05, 4.69) is 0 Å². The van der Waals surface area contributed by atoms with Crippen molar-refractivity contribution in [2.75, 3.05) is 13.2 Å². The number of hydrogen-bond donors (Lipinski definition) is 2. The lowest BCUT2D eigenvalue weighted by Gasteiger charge is -2.08. The van der Waals surface area contributed by atoms with E-state index in [0.29, 0.717) is 6.42 Å². The van der Waals surface area contributed by atoms with Crippen LogP contribution in [0.4, 0.5) is 0 Å². The Bertz CT molecular complexity index is 412. The van der Waals surface area contributed by atoms with Gasteiger partial charge < -0.3 is 15.6 Å². The summed E-state index contributed by atoms with van der Waals surface area (Å²) < 4.78 is 5.59. The number of rotatable bonds is 8. The van der Waals surface area contributed by atoms with Crippen LogP contribution in [0.1, 0.15) is 24.0 Å². The third-order valence-corrected chi connectivity index (χ3v) is 3.38. The first kappa shape index (κ1) is 14.0. The van der Waals surface area contributed by atoms with Gasteiger partial charge in [-0.3, -0.25) is 4.79 Å². The summed E-state index contributed by atoms with van der Waals surface area (Å²) in [6, 6.07) is 7.10. The van der Waals surface area contributed by atoms with Gasteiger partial charge in [0.25, 0.3) is 0 Å². The molecule has 1 aliphatic rings. The molecule has 19 heavy (non-hydrogen) atoms. The van der Waals surface area contributed by atoms with Crippen molar-refractivity contribution in [3.63, 3.8) is 0 Å². The van der Waals surface area contributed by atoms with E-state index in [1.165, 1.54) is 18.4 Å². The number of aliphatic carboxylic acids is 1. The normalized spacial score (nSPS) is 16.3. The highest BCUT2D eigenvalue weighted by Crippen LogP contribution is 2.28. The lowest BCUT2D eigenvalue weighted by Crippen LogP contribution is -2.32. The molecule has 1 aromatic carbocycles. The second-order valence-corrected chi connectivity index (χ2v) is 5.23. The zero-order valence-corrected chi connectivity index (χ0v) is 11.0. The van der Waals surface area contributed by atoms with E-state index in [1.54, 1.807) is 0 Å². The molecule has 0 radical (unpaired) electrons. The van der Waals surface area contributed by atoms with Gasteiger partial charge in [0, 0.05) is 6.61 Å². The van der Waals surface area contributed by atoms with Gasteiger partial charge >= 0.3 is 5.97 Å². The Morgan fingerprint density at radius 1 is 1.32 bits per heavy atom. The maximum Gasteiger partial charge on any atom is 0.320 e. The molecular weight excluding hydrogens is 242 g/mol. The third-order valence-electron chi connectivity index (χ3n) is 3.38. The van der Waals surface area contributed by atoms with E-state index in [0.717, 1.165) is 31.1 Å². The van der Waals surface area contributed by atoms with Gasteiger partial charge in [-0.05, 0) is 42.7 Å². The van der Waals surface area contributed by atoms with Crippen LogP contribution in [-0.4, -0.2) is 30.3 Å². The maximum atomic E-state index is 10.7. The van der Waals surface area contributed by atoms with Gasteiger partial charge in [0.15, 0.2) is 0 Å². The number of ether oxygens (including phenoxy) is 1. The highest BCUT2D eigenvalue weighted by atomic mass is 16.5. The zero-order chi connectivity index (χ0) is 13.7. The average molecular weight is 263 g/mol. The Balaban J connectivity index is 1.72. The minimum absolute atomic E-state index is 0.369. The molecule has 3 N–H and O–H groups in total. The number of carboxylic acid groups (broad SMARTS) is 1. The fraction of sp³-hybridized carbons (Fsp3) is 0.533. The van der Waals surface area contributed by atoms with Gasteiger partial charge in [-0.1, -0.05) is 24.3 Å². The summed E-state index contributed by atoms with van der Waals surface area (Å²) in [5, 5.41) is 8.75. The molecule has 0 amide bonds. The van der Waals surface area contributed by atoms with Crippen molar-refractivity contribution in [1.82, 2.24) is 0 Å². The smallest absolute Gasteiger partial charge is 0.320 e.